The summed E-state index contributed by atoms with van der Waals surface area (Å²) in [6.45, 7) is 0.0705. The Morgan fingerprint density at radius 1 is 1.17 bits per heavy atom. The number of urea groups is 1. The van der Waals surface area contributed by atoms with E-state index in [0.717, 1.165) is 15.0 Å². The second-order valence-electron chi connectivity index (χ2n) is 8.37. The van der Waals surface area contributed by atoms with Crippen molar-refractivity contribution in [2.75, 3.05) is 13.1 Å². The van der Waals surface area contributed by atoms with Gasteiger partial charge in [0.1, 0.15) is 12.3 Å². The molecular formula is C23H24N6O7. The molecule has 3 N–H and O–H groups in total. The standard InChI is InChI=1S/C23H24N6O7/c30-13-14(12-20(32)33)25-22(35)18-6-3-10-28-19(31)8-11-27(23(36)29(18)28)26-21(34)16-7-9-24-17-5-2-1-4-15(16)17/h1-2,4-5,7,9,13-14,18H,3,6,8,10-12H2,(H,25,35)(H,26,34)(H,32,33)/t14-,18-/m0/s1. The number of nitrogens with zero attached hydrogens (tertiary/aromatic N) is 4. The lowest BCUT2D eigenvalue weighted by molar-refractivity contribution is -0.155. The SMILES string of the molecule is O=C[C@H](CC(=O)O)NC(=O)[C@@H]1CCCN2C(=O)CCN(NC(=O)c3ccnc4ccccc34)C(=O)N12. The van der Waals surface area contributed by atoms with Gasteiger partial charge in [0.15, 0.2) is 0 Å². The largest absolute Gasteiger partial charge is 0.481 e. The van der Waals surface area contributed by atoms with Crippen LogP contribution < -0.4 is 10.7 Å². The summed E-state index contributed by atoms with van der Waals surface area (Å²) in [5.74, 6) is -3.06. The molecule has 1 aromatic carbocycles. The maximum atomic E-state index is 13.5. The Morgan fingerprint density at radius 3 is 2.69 bits per heavy atom. The zero-order chi connectivity index (χ0) is 25.8. The second kappa shape index (κ2) is 10.4. The normalized spacial score (nSPS) is 18.8. The van der Waals surface area contributed by atoms with E-state index >= 15 is 0 Å². The summed E-state index contributed by atoms with van der Waals surface area (Å²) in [7, 11) is 0. The summed E-state index contributed by atoms with van der Waals surface area (Å²) in [4.78, 5) is 78.7. The molecule has 4 rings (SSSR count). The quantitative estimate of drug-likeness (QED) is 0.452. The lowest BCUT2D eigenvalue weighted by Gasteiger charge is -2.42. The van der Waals surface area contributed by atoms with Gasteiger partial charge in [-0.15, -0.1) is 0 Å². The molecular weight excluding hydrogens is 472 g/mol. The molecule has 36 heavy (non-hydrogen) atoms. The number of rotatable bonds is 7. The molecule has 2 aliphatic rings. The van der Waals surface area contributed by atoms with Crippen LogP contribution in [0.4, 0.5) is 4.79 Å². The van der Waals surface area contributed by atoms with Gasteiger partial charge in [0.05, 0.1) is 30.1 Å². The molecule has 13 heteroatoms. The van der Waals surface area contributed by atoms with Crippen molar-refractivity contribution in [3.05, 3.63) is 42.1 Å². The van der Waals surface area contributed by atoms with Gasteiger partial charge in [-0.3, -0.25) is 29.6 Å². The predicted molar refractivity (Wildman–Crippen MR) is 123 cm³/mol. The number of amides is 5. The number of nitrogens with one attached hydrogen (secondary N) is 2. The summed E-state index contributed by atoms with van der Waals surface area (Å²) in [6.07, 6.45) is 1.64. The van der Waals surface area contributed by atoms with E-state index in [0.29, 0.717) is 23.6 Å². The fraction of sp³-hybridized carbons (Fsp3) is 0.348. The second-order valence-corrected chi connectivity index (χ2v) is 8.37. The van der Waals surface area contributed by atoms with Crippen molar-refractivity contribution in [2.45, 2.75) is 37.8 Å². The molecule has 0 aliphatic carbocycles. The van der Waals surface area contributed by atoms with E-state index in [9.17, 15) is 28.8 Å². The highest BCUT2D eigenvalue weighted by molar-refractivity contribution is 6.06. The average molecular weight is 496 g/mol. The first-order valence-electron chi connectivity index (χ1n) is 11.3. The van der Waals surface area contributed by atoms with Crippen LogP contribution in [0.25, 0.3) is 10.9 Å². The van der Waals surface area contributed by atoms with Crippen molar-refractivity contribution < 1.29 is 33.9 Å². The number of carboxylic acids is 1. The molecule has 2 atom stereocenters. The lowest BCUT2D eigenvalue weighted by atomic mass is 10.1. The Kier molecular flexibility index (Phi) is 7.08. The number of para-hydroxylation sites is 1. The number of hydrogen-bond acceptors (Lipinski definition) is 7. The number of carbonyl (C=O) groups is 6. The molecule has 2 aromatic rings. The van der Waals surface area contributed by atoms with Gasteiger partial charge in [0.2, 0.25) is 11.8 Å². The molecule has 2 fully saturated rings. The molecule has 0 bridgehead atoms. The summed E-state index contributed by atoms with van der Waals surface area (Å²) < 4.78 is 0. The molecule has 2 saturated heterocycles. The monoisotopic (exact) mass is 496 g/mol. The molecule has 5 amide bonds. The minimum absolute atomic E-state index is 0.0933. The first kappa shape index (κ1) is 24.6. The van der Waals surface area contributed by atoms with Crippen LogP contribution in [0, 0.1) is 0 Å². The first-order valence-corrected chi connectivity index (χ1v) is 11.3. The molecule has 0 spiro atoms. The van der Waals surface area contributed by atoms with Gasteiger partial charge in [-0.05, 0) is 25.0 Å². The van der Waals surface area contributed by atoms with Crippen LogP contribution in [0.1, 0.15) is 36.0 Å². The number of benzene rings is 1. The lowest BCUT2D eigenvalue weighted by Crippen LogP contribution is -2.64. The summed E-state index contributed by atoms with van der Waals surface area (Å²) >= 11 is 0. The number of carbonyl (C=O) groups excluding carboxylic acids is 5. The number of fused-ring (bicyclic) bond motifs is 2. The van der Waals surface area contributed by atoms with Crippen LogP contribution in [0.3, 0.4) is 0 Å². The van der Waals surface area contributed by atoms with Crippen molar-refractivity contribution in [2.24, 2.45) is 0 Å². The number of aromatic nitrogens is 1. The highest BCUT2D eigenvalue weighted by atomic mass is 16.4. The first-order chi connectivity index (χ1) is 17.3. The fourth-order valence-corrected chi connectivity index (χ4v) is 4.29. The number of aliphatic carboxylic acids is 1. The zero-order valence-electron chi connectivity index (χ0n) is 19.1. The molecule has 188 valence electrons. The molecule has 0 unspecified atom stereocenters. The van der Waals surface area contributed by atoms with Gasteiger partial charge in [-0.25, -0.2) is 19.8 Å². The van der Waals surface area contributed by atoms with Crippen LogP contribution in [-0.4, -0.2) is 86.3 Å². The van der Waals surface area contributed by atoms with Crippen LogP contribution in [0.2, 0.25) is 0 Å². The number of pyridine rings is 1. The Labute approximate surface area is 205 Å². The Hall–Kier alpha value is -4.55. The van der Waals surface area contributed by atoms with E-state index < -0.39 is 48.2 Å². The van der Waals surface area contributed by atoms with Gasteiger partial charge in [-0.2, -0.15) is 0 Å². The van der Waals surface area contributed by atoms with Crippen LogP contribution in [0.15, 0.2) is 36.5 Å². The van der Waals surface area contributed by atoms with Crippen LogP contribution in [-0.2, 0) is 19.2 Å². The van der Waals surface area contributed by atoms with E-state index in [-0.39, 0.29) is 31.5 Å². The number of hydrogen-bond donors (Lipinski definition) is 3. The van der Waals surface area contributed by atoms with E-state index in [1.54, 1.807) is 24.3 Å². The van der Waals surface area contributed by atoms with Gasteiger partial charge in [0.25, 0.3) is 5.91 Å². The number of aldehydes is 1. The van der Waals surface area contributed by atoms with Crippen molar-refractivity contribution in [1.82, 2.24) is 30.8 Å². The van der Waals surface area contributed by atoms with Gasteiger partial charge < -0.3 is 15.2 Å². The minimum Gasteiger partial charge on any atom is -0.481 e. The van der Waals surface area contributed by atoms with Gasteiger partial charge in [0, 0.05) is 24.5 Å². The van der Waals surface area contributed by atoms with Crippen LogP contribution in [0.5, 0.6) is 0 Å². The Morgan fingerprint density at radius 2 is 1.94 bits per heavy atom. The molecule has 0 saturated carbocycles. The third-order valence-corrected chi connectivity index (χ3v) is 5.99. The van der Waals surface area contributed by atoms with E-state index in [4.69, 9.17) is 5.11 Å². The topological polar surface area (TPSA) is 169 Å². The maximum absolute atomic E-state index is 13.5. The van der Waals surface area contributed by atoms with Crippen LogP contribution >= 0.6 is 0 Å². The average Bonchev–Trinajstić information content (AvgIpc) is 2.99. The van der Waals surface area contributed by atoms with Crippen molar-refractivity contribution in [3.8, 4) is 0 Å². The number of carboxylic acid groups (broad SMARTS) is 1. The predicted octanol–water partition coefficient (Wildman–Crippen LogP) is 0.0717. The summed E-state index contributed by atoms with van der Waals surface area (Å²) in [6, 6.07) is 5.24. The molecule has 2 aliphatic heterocycles. The third-order valence-electron chi connectivity index (χ3n) is 5.99. The van der Waals surface area contributed by atoms with E-state index in [1.165, 1.54) is 12.3 Å². The number of hydrazine groups is 2. The molecule has 0 radical (unpaired) electrons. The Bertz CT molecular complexity index is 1230. The van der Waals surface area contributed by atoms with Gasteiger partial charge >= 0.3 is 12.0 Å². The maximum Gasteiger partial charge on any atom is 0.358 e. The summed E-state index contributed by atoms with van der Waals surface area (Å²) in [5.41, 5.74) is 3.40. The smallest absolute Gasteiger partial charge is 0.358 e. The minimum atomic E-state index is -1.29. The Balaban J connectivity index is 1.57. The molecule has 13 nitrogen and oxygen atoms in total. The van der Waals surface area contributed by atoms with Crippen molar-refractivity contribution >= 4 is 46.9 Å². The van der Waals surface area contributed by atoms with Gasteiger partial charge in [-0.1, -0.05) is 18.2 Å². The summed E-state index contributed by atoms with van der Waals surface area (Å²) in [5, 5.41) is 15.0. The molecule has 3 heterocycles. The van der Waals surface area contributed by atoms with E-state index in [1.807, 2.05) is 0 Å². The highest BCUT2D eigenvalue weighted by Gasteiger charge is 2.44. The van der Waals surface area contributed by atoms with Crippen molar-refractivity contribution in [3.63, 3.8) is 0 Å². The van der Waals surface area contributed by atoms with E-state index in [2.05, 4.69) is 15.7 Å². The third kappa shape index (κ3) is 4.94. The zero-order valence-corrected chi connectivity index (χ0v) is 19.1. The molecule has 1 aromatic heterocycles. The fourth-order valence-electron chi connectivity index (χ4n) is 4.29. The highest BCUT2D eigenvalue weighted by Crippen LogP contribution is 2.24. The van der Waals surface area contributed by atoms with Crippen molar-refractivity contribution in [1.29, 1.82) is 0 Å².